The lowest BCUT2D eigenvalue weighted by Gasteiger charge is -2.14. The van der Waals surface area contributed by atoms with Gasteiger partial charge in [-0.15, -0.1) is 11.3 Å². The molecule has 0 spiro atoms. The number of nitrogens with one attached hydrogen (secondary N) is 2. The smallest absolute Gasteiger partial charge is 0.259 e. The van der Waals surface area contributed by atoms with Crippen molar-refractivity contribution in [3.05, 3.63) is 64.0 Å². The number of hydrogen-bond acceptors (Lipinski definition) is 6. The summed E-state index contributed by atoms with van der Waals surface area (Å²) in [5.41, 5.74) is 3.61. The summed E-state index contributed by atoms with van der Waals surface area (Å²) in [6, 6.07) is 13.4. The average molecular weight is 453 g/mol. The van der Waals surface area contributed by atoms with Crippen molar-refractivity contribution in [2.24, 2.45) is 0 Å². The first-order valence-corrected chi connectivity index (χ1v) is 11.6. The molecule has 0 radical (unpaired) electrons. The molecule has 0 fully saturated rings. The number of rotatable bonds is 9. The highest BCUT2D eigenvalue weighted by atomic mass is 32.1. The highest BCUT2D eigenvalue weighted by Gasteiger charge is 2.27. The van der Waals surface area contributed by atoms with Crippen LogP contribution < -0.4 is 24.8 Å². The number of carbonyl (C=O) groups is 1. The van der Waals surface area contributed by atoms with Crippen LogP contribution in [0.1, 0.15) is 39.7 Å². The van der Waals surface area contributed by atoms with E-state index < -0.39 is 0 Å². The zero-order valence-electron chi connectivity index (χ0n) is 18.6. The lowest BCUT2D eigenvalue weighted by atomic mass is 10.1. The number of benzene rings is 2. The minimum atomic E-state index is -0.134. The molecule has 1 amide bonds. The minimum absolute atomic E-state index is 0.134. The minimum Gasteiger partial charge on any atom is -0.497 e. The Labute approximate surface area is 192 Å². The molecule has 168 valence electrons. The molecule has 4 rings (SSSR count). The maximum absolute atomic E-state index is 13.4. The zero-order valence-corrected chi connectivity index (χ0v) is 19.4. The zero-order chi connectivity index (χ0) is 22.5. The maximum Gasteiger partial charge on any atom is 0.259 e. The number of amides is 1. The van der Waals surface area contributed by atoms with Gasteiger partial charge in [-0.1, -0.05) is 12.1 Å². The van der Waals surface area contributed by atoms with Gasteiger partial charge in [-0.05, 0) is 61.6 Å². The molecule has 0 unspecified atom stereocenters. The molecule has 0 atom stereocenters. The Bertz CT molecular complexity index is 1090. The molecule has 1 heterocycles. The van der Waals surface area contributed by atoms with Gasteiger partial charge in [0.2, 0.25) is 0 Å². The molecule has 6 nitrogen and oxygen atoms in total. The number of fused-ring (bicyclic) bond motifs is 1. The lowest BCUT2D eigenvalue weighted by molar-refractivity contribution is 0.102. The monoisotopic (exact) mass is 452 g/mol. The average Bonchev–Trinajstić information content (AvgIpc) is 3.39. The van der Waals surface area contributed by atoms with Crippen molar-refractivity contribution in [1.82, 2.24) is 0 Å². The fourth-order valence-electron chi connectivity index (χ4n) is 3.92. The highest BCUT2D eigenvalue weighted by Crippen LogP contribution is 2.40. The quantitative estimate of drug-likeness (QED) is 0.448. The van der Waals surface area contributed by atoms with E-state index in [2.05, 4.69) is 10.6 Å². The molecule has 2 aromatic carbocycles. The third kappa shape index (κ3) is 4.67. The molecule has 1 aromatic heterocycles. The van der Waals surface area contributed by atoms with Crippen molar-refractivity contribution in [3.8, 4) is 17.2 Å². The highest BCUT2D eigenvalue weighted by molar-refractivity contribution is 7.16. The van der Waals surface area contributed by atoms with Crippen molar-refractivity contribution in [2.45, 2.75) is 32.7 Å². The van der Waals surface area contributed by atoms with Gasteiger partial charge in [0.15, 0.2) is 0 Å². The van der Waals surface area contributed by atoms with E-state index in [-0.39, 0.29) is 5.91 Å². The summed E-state index contributed by atoms with van der Waals surface area (Å²) in [5.74, 6) is 1.98. The van der Waals surface area contributed by atoms with Crippen molar-refractivity contribution < 1.29 is 19.0 Å². The van der Waals surface area contributed by atoms with Crippen LogP contribution >= 0.6 is 11.3 Å². The second-order valence-electron chi connectivity index (χ2n) is 7.51. The Morgan fingerprint density at radius 2 is 1.81 bits per heavy atom. The van der Waals surface area contributed by atoms with E-state index >= 15 is 0 Å². The molecule has 1 aliphatic carbocycles. The van der Waals surface area contributed by atoms with Gasteiger partial charge in [-0.2, -0.15) is 0 Å². The number of ether oxygens (including phenoxy) is 3. The number of carbonyl (C=O) groups excluding carboxylic acids is 1. The summed E-state index contributed by atoms with van der Waals surface area (Å²) >= 11 is 1.68. The first kappa shape index (κ1) is 22.0. The van der Waals surface area contributed by atoms with Gasteiger partial charge < -0.3 is 24.8 Å². The van der Waals surface area contributed by atoms with E-state index in [9.17, 15) is 4.79 Å². The van der Waals surface area contributed by atoms with Crippen LogP contribution in [0.4, 0.5) is 10.7 Å². The van der Waals surface area contributed by atoms with Gasteiger partial charge in [-0.3, -0.25) is 4.79 Å². The molecule has 0 saturated carbocycles. The van der Waals surface area contributed by atoms with Crippen LogP contribution in [-0.2, 0) is 19.4 Å². The van der Waals surface area contributed by atoms with Crippen LogP contribution in [-0.4, -0.2) is 26.7 Å². The third-order valence-electron chi connectivity index (χ3n) is 5.49. The number of aryl methyl sites for hydroxylation is 1. The van der Waals surface area contributed by atoms with Gasteiger partial charge >= 0.3 is 0 Å². The molecule has 0 aliphatic heterocycles. The van der Waals surface area contributed by atoms with Crippen LogP contribution in [0.25, 0.3) is 0 Å². The van der Waals surface area contributed by atoms with Gasteiger partial charge in [0, 0.05) is 17.5 Å². The molecular weight excluding hydrogens is 424 g/mol. The summed E-state index contributed by atoms with van der Waals surface area (Å²) in [5, 5.41) is 7.43. The molecule has 1 aliphatic rings. The van der Waals surface area contributed by atoms with Gasteiger partial charge in [0.25, 0.3) is 5.91 Å². The topological polar surface area (TPSA) is 68.8 Å². The summed E-state index contributed by atoms with van der Waals surface area (Å²) in [6.07, 6.45) is 3.03. The fraction of sp³-hybridized carbons (Fsp3) is 0.320. The Morgan fingerprint density at radius 1 is 1.03 bits per heavy atom. The van der Waals surface area contributed by atoms with Gasteiger partial charge in [0.1, 0.15) is 22.2 Å². The van der Waals surface area contributed by atoms with Crippen LogP contribution in [0.3, 0.4) is 0 Å². The van der Waals surface area contributed by atoms with E-state index in [1.807, 2.05) is 31.2 Å². The fourth-order valence-corrected chi connectivity index (χ4v) is 5.20. The van der Waals surface area contributed by atoms with Crippen LogP contribution in [0, 0.1) is 0 Å². The summed E-state index contributed by atoms with van der Waals surface area (Å²) < 4.78 is 16.3. The molecule has 2 N–H and O–H groups in total. The summed E-state index contributed by atoms with van der Waals surface area (Å²) in [4.78, 5) is 14.7. The second kappa shape index (κ2) is 9.96. The van der Waals surface area contributed by atoms with Gasteiger partial charge in [0.05, 0.1) is 32.1 Å². The SMILES string of the molecule is CCOc1ccc(CNc2sc3c(c2C(=O)Nc2cc(OC)ccc2OC)CCC3)cc1. The Kier molecular flexibility index (Phi) is 6.85. The predicted molar refractivity (Wildman–Crippen MR) is 129 cm³/mol. The maximum atomic E-state index is 13.4. The lowest BCUT2D eigenvalue weighted by Crippen LogP contribution is -2.16. The number of hydrogen-bond donors (Lipinski definition) is 2. The van der Waals surface area contributed by atoms with E-state index in [1.54, 1.807) is 43.8 Å². The molecule has 0 bridgehead atoms. The summed E-state index contributed by atoms with van der Waals surface area (Å²) in [6.45, 7) is 3.25. The standard InChI is InChI=1S/C25H28N2O4S/c1-4-31-17-10-8-16(9-11-17)15-26-25-23(19-6-5-7-22(19)32-25)24(28)27-20-14-18(29-2)12-13-21(20)30-3/h8-14,26H,4-7,15H2,1-3H3,(H,27,28). The van der Waals surface area contributed by atoms with E-state index in [0.717, 1.165) is 46.7 Å². The van der Waals surface area contributed by atoms with Gasteiger partial charge in [-0.25, -0.2) is 0 Å². The number of thiophene rings is 1. The van der Waals surface area contributed by atoms with Crippen molar-refractivity contribution >= 4 is 27.9 Å². The number of anilines is 2. The van der Waals surface area contributed by atoms with Crippen molar-refractivity contribution in [1.29, 1.82) is 0 Å². The Morgan fingerprint density at radius 3 is 2.53 bits per heavy atom. The first-order valence-electron chi connectivity index (χ1n) is 10.8. The summed E-state index contributed by atoms with van der Waals surface area (Å²) in [7, 11) is 3.19. The van der Waals surface area contributed by atoms with Crippen LogP contribution in [0.5, 0.6) is 17.2 Å². The predicted octanol–water partition coefficient (Wildman–Crippen LogP) is 5.52. The molecule has 3 aromatic rings. The van der Waals surface area contributed by atoms with E-state index in [4.69, 9.17) is 14.2 Å². The third-order valence-corrected chi connectivity index (χ3v) is 6.74. The first-order chi connectivity index (χ1) is 15.6. The van der Waals surface area contributed by atoms with Crippen LogP contribution in [0.15, 0.2) is 42.5 Å². The van der Waals surface area contributed by atoms with E-state index in [0.29, 0.717) is 30.3 Å². The van der Waals surface area contributed by atoms with E-state index in [1.165, 1.54) is 4.88 Å². The molecule has 32 heavy (non-hydrogen) atoms. The largest absolute Gasteiger partial charge is 0.497 e. The van der Waals surface area contributed by atoms with Crippen LogP contribution in [0.2, 0.25) is 0 Å². The van der Waals surface area contributed by atoms with Crippen molar-refractivity contribution in [3.63, 3.8) is 0 Å². The molecule has 7 heteroatoms. The second-order valence-corrected chi connectivity index (χ2v) is 8.62. The van der Waals surface area contributed by atoms with Crippen molar-refractivity contribution in [2.75, 3.05) is 31.5 Å². The Hall–Kier alpha value is -3.19. The molecule has 0 saturated heterocycles. The number of methoxy groups -OCH3 is 2. The normalized spacial score (nSPS) is 12.2. The molecular formula is C25H28N2O4S. The Balaban J connectivity index is 1.55.